The van der Waals surface area contributed by atoms with E-state index in [-0.39, 0.29) is 11.6 Å². The lowest BCUT2D eigenvalue weighted by Gasteiger charge is -2.19. The molecule has 0 spiro atoms. The van der Waals surface area contributed by atoms with Crippen LogP contribution in [-0.2, 0) is 6.42 Å². The van der Waals surface area contributed by atoms with Gasteiger partial charge in [-0.15, -0.1) is 6.42 Å². The Morgan fingerprint density at radius 3 is 3.04 bits per heavy atom. The zero-order chi connectivity index (χ0) is 20.1. The molecule has 144 valence electrons. The number of aryl methyl sites for hydroxylation is 2. The van der Waals surface area contributed by atoms with Gasteiger partial charge in [0, 0.05) is 23.5 Å². The van der Waals surface area contributed by atoms with Gasteiger partial charge in [-0.05, 0) is 61.9 Å². The van der Waals surface area contributed by atoms with Crippen molar-refractivity contribution in [3.63, 3.8) is 0 Å². The minimum atomic E-state index is -0.606. The highest BCUT2D eigenvalue weighted by molar-refractivity contribution is 5.60. The van der Waals surface area contributed by atoms with Crippen molar-refractivity contribution in [2.24, 2.45) is 0 Å². The monoisotopic (exact) mass is 379 g/mol. The second-order valence-electron chi connectivity index (χ2n) is 6.60. The molecule has 0 saturated carbocycles. The van der Waals surface area contributed by atoms with Gasteiger partial charge in [0.05, 0.1) is 7.11 Å². The lowest BCUT2D eigenvalue weighted by Crippen LogP contribution is -2.18. The average Bonchev–Trinajstić information content (AvgIpc) is 3.09. The number of fused-ring (bicyclic) bond motifs is 1. The number of benzene rings is 1. The SMILES string of the molecule is C#C/C(F)=C\C=C/CC1CCc2cc(=O)nc(Nc3ccc(OC)cc3C)n21. The highest BCUT2D eigenvalue weighted by Crippen LogP contribution is 2.33. The maximum absolute atomic E-state index is 13.0. The van der Waals surface area contributed by atoms with Crippen LogP contribution in [0.25, 0.3) is 0 Å². The van der Waals surface area contributed by atoms with Crippen molar-refractivity contribution in [3.8, 4) is 18.1 Å². The Labute approximate surface area is 163 Å². The molecule has 0 amide bonds. The Bertz CT molecular complexity index is 1030. The van der Waals surface area contributed by atoms with E-state index in [1.807, 2.05) is 37.1 Å². The van der Waals surface area contributed by atoms with Gasteiger partial charge in [-0.2, -0.15) is 9.37 Å². The van der Waals surface area contributed by atoms with E-state index in [0.29, 0.717) is 12.4 Å². The van der Waals surface area contributed by atoms with Crippen molar-refractivity contribution in [3.05, 3.63) is 69.9 Å². The molecule has 1 aliphatic rings. The first-order valence-corrected chi connectivity index (χ1v) is 9.05. The number of allylic oxidation sites excluding steroid dienone is 4. The summed E-state index contributed by atoms with van der Waals surface area (Å²) in [6.45, 7) is 1.96. The lowest BCUT2D eigenvalue weighted by molar-refractivity contribution is 0.414. The van der Waals surface area contributed by atoms with Crippen molar-refractivity contribution in [2.45, 2.75) is 32.2 Å². The van der Waals surface area contributed by atoms with Crippen LogP contribution in [0.4, 0.5) is 16.0 Å². The summed E-state index contributed by atoms with van der Waals surface area (Å²) in [5.74, 6) is 2.61. The van der Waals surface area contributed by atoms with Gasteiger partial charge < -0.3 is 14.6 Å². The number of hydrogen-bond donors (Lipinski definition) is 1. The fourth-order valence-electron chi connectivity index (χ4n) is 3.35. The number of nitrogens with zero attached hydrogens (tertiary/aromatic N) is 2. The maximum atomic E-state index is 13.0. The second-order valence-corrected chi connectivity index (χ2v) is 6.60. The molecule has 1 aromatic carbocycles. The Morgan fingerprint density at radius 2 is 2.32 bits per heavy atom. The number of methoxy groups -OCH3 is 1. The van der Waals surface area contributed by atoms with Crippen LogP contribution in [0.5, 0.6) is 5.75 Å². The smallest absolute Gasteiger partial charge is 0.274 e. The molecule has 6 heteroatoms. The number of nitrogens with one attached hydrogen (secondary N) is 1. The molecule has 2 aromatic rings. The van der Waals surface area contributed by atoms with Crippen molar-refractivity contribution in [1.29, 1.82) is 0 Å². The molecule has 0 fully saturated rings. The summed E-state index contributed by atoms with van der Waals surface area (Å²) in [6.07, 6.45) is 12.1. The number of aromatic nitrogens is 2. The predicted molar refractivity (Wildman–Crippen MR) is 109 cm³/mol. The van der Waals surface area contributed by atoms with Crippen LogP contribution in [0.3, 0.4) is 0 Å². The van der Waals surface area contributed by atoms with E-state index in [2.05, 4.69) is 14.9 Å². The fourth-order valence-corrected chi connectivity index (χ4v) is 3.35. The summed E-state index contributed by atoms with van der Waals surface area (Å²) in [4.78, 5) is 16.2. The number of ether oxygens (including phenoxy) is 1. The van der Waals surface area contributed by atoms with Crippen LogP contribution in [0.2, 0.25) is 0 Å². The molecule has 0 bridgehead atoms. The molecule has 1 unspecified atom stereocenters. The summed E-state index contributed by atoms with van der Waals surface area (Å²) in [5.41, 5.74) is 2.51. The lowest BCUT2D eigenvalue weighted by atomic mass is 10.1. The Hall–Kier alpha value is -3.33. The third-order valence-electron chi connectivity index (χ3n) is 4.75. The molecular weight excluding hydrogens is 357 g/mol. The summed E-state index contributed by atoms with van der Waals surface area (Å²) in [5, 5.41) is 3.29. The first-order valence-electron chi connectivity index (χ1n) is 9.05. The number of hydrogen-bond acceptors (Lipinski definition) is 4. The highest BCUT2D eigenvalue weighted by Gasteiger charge is 2.24. The van der Waals surface area contributed by atoms with Crippen molar-refractivity contribution >= 4 is 11.6 Å². The minimum absolute atomic E-state index is 0.128. The summed E-state index contributed by atoms with van der Waals surface area (Å²) >= 11 is 0. The van der Waals surface area contributed by atoms with Gasteiger partial charge in [0.15, 0.2) is 5.83 Å². The first-order chi connectivity index (χ1) is 13.5. The van der Waals surface area contributed by atoms with Crippen LogP contribution in [0, 0.1) is 19.3 Å². The molecule has 1 atom stereocenters. The summed E-state index contributed by atoms with van der Waals surface area (Å²) in [6, 6.07) is 7.38. The molecule has 0 saturated heterocycles. The Morgan fingerprint density at radius 1 is 1.50 bits per heavy atom. The molecule has 1 aromatic heterocycles. The third kappa shape index (κ3) is 4.32. The van der Waals surface area contributed by atoms with E-state index in [9.17, 15) is 9.18 Å². The molecule has 28 heavy (non-hydrogen) atoms. The molecular formula is C22H22FN3O2. The molecule has 0 aliphatic carbocycles. The van der Waals surface area contributed by atoms with Crippen molar-refractivity contribution < 1.29 is 9.13 Å². The normalized spacial score (nSPS) is 16.1. The standard InChI is InChI=1S/C22H22FN3O2/c1-4-16(23)7-5-6-8-17-9-10-18-14-21(27)25-22(26(17)18)24-20-12-11-19(28-3)13-15(20)2/h1,5-7,11-14,17H,8-10H2,2-3H3,(H,24,25,27)/b6-5-,16-7+. The molecule has 2 heterocycles. The average molecular weight is 379 g/mol. The number of halogens is 1. The van der Waals surface area contributed by atoms with E-state index in [0.717, 1.165) is 35.5 Å². The zero-order valence-corrected chi connectivity index (χ0v) is 15.9. The van der Waals surface area contributed by atoms with Crippen molar-refractivity contribution in [2.75, 3.05) is 12.4 Å². The van der Waals surface area contributed by atoms with E-state index in [1.54, 1.807) is 19.3 Å². The topological polar surface area (TPSA) is 56.1 Å². The summed E-state index contributed by atoms with van der Waals surface area (Å²) in [7, 11) is 1.62. The van der Waals surface area contributed by atoms with Crippen LogP contribution in [0.15, 0.2) is 53.1 Å². The quantitative estimate of drug-likeness (QED) is 0.603. The first kappa shape index (κ1) is 19.4. The summed E-state index contributed by atoms with van der Waals surface area (Å²) < 4.78 is 20.3. The minimum Gasteiger partial charge on any atom is -0.497 e. The number of anilines is 2. The van der Waals surface area contributed by atoms with Crippen LogP contribution >= 0.6 is 0 Å². The second kappa shape index (κ2) is 8.57. The van der Waals surface area contributed by atoms with Gasteiger partial charge >= 0.3 is 0 Å². The molecule has 1 aliphatic heterocycles. The fraction of sp³-hybridized carbons (Fsp3) is 0.273. The number of terminal acetylenes is 1. The third-order valence-corrected chi connectivity index (χ3v) is 4.75. The Balaban J connectivity index is 1.88. The molecule has 5 nitrogen and oxygen atoms in total. The van der Waals surface area contributed by atoms with Crippen LogP contribution in [-0.4, -0.2) is 16.7 Å². The van der Waals surface area contributed by atoms with E-state index in [4.69, 9.17) is 11.2 Å². The molecule has 0 radical (unpaired) electrons. The zero-order valence-electron chi connectivity index (χ0n) is 15.9. The highest BCUT2D eigenvalue weighted by atomic mass is 19.1. The maximum Gasteiger partial charge on any atom is 0.274 e. The molecule has 1 N–H and O–H groups in total. The van der Waals surface area contributed by atoms with Crippen molar-refractivity contribution in [1.82, 2.24) is 9.55 Å². The van der Waals surface area contributed by atoms with Gasteiger partial charge in [0.1, 0.15) is 5.75 Å². The van der Waals surface area contributed by atoms with Gasteiger partial charge in [0.25, 0.3) is 5.56 Å². The van der Waals surface area contributed by atoms with Gasteiger partial charge in [-0.1, -0.05) is 12.2 Å². The largest absolute Gasteiger partial charge is 0.497 e. The van der Waals surface area contributed by atoms with Gasteiger partial charge in [0.2, 0.25) is 5.95 Å². The van der Waals surface area contributed by atoms with Crippen LogP contribution in [0.1, 0.15) is 30.1 Å². The Kier molecular flexibility index (Phi) is 5.95. The predicted octanol–water partition coefficient (Wildman–Crippen LogP) is 4.22. The molecule has 3 rings (SSSR count). The van der Waals surface area contributed by atoms with E-state index in [1.165, 1.54) is 6.08 Å². The van der Waals surface area contributed by atoms with Gasteiger partial charge in [-0.25, -0.2) is 0 Å². The van der Waals surface area contributed by atoms with E-state index < -0.39 is 5.83 Å². The van der Waals surface area contributed by atoms with Gasteiger partial charge in [-0.3, -0.25) is 4.79 Å². The van der Waals surface area contributed by atoms with E-state index >= 15 is 0 Å². The number of rotatable bonds is 6. The van der Waals surface area contributed by atoms with Crippen LogP contribution < -0.4 is 15.6 Å².